The number of dihydropyridines is 1. The Morgan fingerprint density at radius 3 is 2.41 bits per heavy atom. The summed E-state index contributed by atoms with van der Waals surface area (Å²) in [5.41, 5.74) is 3.16. The number of allylic oxidation sites excluding steroid dienone is 15. The zero-order valence-electron chi connectivity index (χ0n) is 27.1. The highest BCUT2D eigenvalue weighted by atomic mass is 19.4. The summed E-state index contributed by atoms with van der Waals surface area (Å²) in [5.74, 6) is 6.67. The van der Waals surface area contributed by atoms with Crippen LogP contribution in [-0.2, 0) is 4.79 Å². The Morgan fingerprint density at radius 1 is 1.20 bits per heavy atom. The molecule has 1 heterocycles. The van der Waals surface area contributed by atoms with Gasteiger partial charge in [-0.25, -0.2) is 5.84 Å². The summed E-state index contributed by atoms with van der Waals surface area (Å²) >= 11 is 0. The molecule has 0 spiro atoms. The molecule has 0 aromatic carbocycles. The predicted molar refractivity (Wildman–Crippen MR) is 176 cm³/mol. The lowest BCUT2D eigenvalue weighted by Crippen LogP contribution is -2.44. The monoisotopic (exact) mass is 613 g/mol. The van der Waals surface area contributed by atoms with Gasteiger partial charge in [0.1, 0.15) is 5.82 Å². The molecule has 0 bridgehead atoms. The van der Waals surface area contributed by atoms with Crippen molar-refractivity contribution < 1.29 is 23.1 Å². The molecule has 4 N–H and O–H groups in total. The number of aliphatic hydroxyl groups excluding tert-OH is 1. The SMILES string of the molecule is C=CC=CC/C(=C\C)CC1=C(N(N)/C=C/C)NC2=C(C(=O)CC(C)(C)C2)C1C1=CC=C(C(F)(F)F)C=CC1.C=CCO.CC. The van der Waals surface area contributed by atoms with Crippen LogP contribution in [0.5, 0.6) is 0 Å². The zero-order chi connectivity index (χ0) is 33.5. The van der Waals surface area contributed by atoms with Gasteiger partial charge in [-0.3, -0.25) is 9.80 Å². The molecule has 0 fully saturated rings. The van der Waals surface area contributed by atoms with Gasteiger partial charge in [-0.15, -0.1) is 6.58 Å². The number of hydrazine groups is 1. The van der Waals surface area contributed by atoms with E-state index in [9.17, 15) is 18.0 Å². The first-order chi connectivity index (χ1) is 20.8. The van der Waals surface area contributed by atoms with Crippen LogP contribution in [0.15, 0.2) is 120 Å². The molecular formula is C36H50F3N3O2. The third-order valence-electron chi connectivity index (χ3n) is 7.13. The summed E-state index contributed by atoms with van der Waals surface area (Å²) in [6, 6.07) is 0. The Hall–Kier alpha value is -3.62. The molecule has 3 rings (SSSR count). The van der Waals surface area contributed by atoms with E-state index in [0.717, 1.165) is 34.6 Å². The average Bonchev–Trinajstić information content (AvgIpc) is 3.24. The molecule has 8 heteroatoms. The largest absolute Gasteiger partial charge is 0.416 e. The van der Waals surface area contributed by atoms with Crippen LogP contribution in [-0.4, -0.2) is 28.7 Å². The lowest BCUT2D eigenvalue weighted by Gasteiger charge is -2.42. The minimum absolute atomic E-state index is 0.0163. The second-order valence-corrected chi connectivity index (χ2v) is 11.1. The number of nitrogens with zero attached hydrogens (tertiary/aromatic N) is 1. The van der Waals surface area contributed by atoms with Crippen molar-refractivity contribution in [3.63, 3.8) is 0 Å². The van der Waals surface area contributed by atoms with E-state index in [0.29, 0.717) is 43.5 Å². The van der Waals surface area contributed by atoms with Gasteiger partial charge in [-0.2, -0.15) is 13.2 Å². The van der Waals surface area contributed by atoms with E-state index in [1.165, 1.54) is 23.2 Å². The number of aliphatic hydroxyl groups is 1. The number of ketones is 1. The molecule has 44 heavy (non-hydrogen) atoms. The van der Waals surface area contributed by atoms with Crippen LogP contribution in [0, 0.1) is 11.3 Å². The van der Waals surface area contributed by atoms with E-state index in [4.69, 9.17) is 10.9 Å². The van der Waals surface area contributed by atoms with Gasteiger partial charge in [0.2, 0.25) is 0 Å². The highest BCUT2D eigenvalue weighted by Crippen LogP contribution is 2.48. The van der Waals surface area contributed by atoms with Crippen LogP contribution < -0.4 is 11.2 Å². The molecule has 242 valence electrons. The maximum absolute atomic E-state index is 13.7. The zero-order valence-corrected chi connectivity index (χ0v) is 27.1. The molecule has 0 aromatic heterocycles. The van der Waals surface area contributed by atoms with Crippen molar-refractivity contribution in [1.82, 2.24) is 10.3 Å². The van der Waals surface area contributed by atoms with Crippen LogP contribution in [0.2, 0.25) is 0 Å². The maximum atomic E-state index is 13.7. The Morgan fingerprint density at radius 2 is 1.86 bits per heavy atom. The summed E-state index contributed by atoms with van der Waals surface area (Å²) < 4.78 is 40.6. The minimum atomic E-state index is -4.45. The molecule has 0 radical (unpaired) electrons. The molecule has 1 aliphatic heterocycles. The fraction of sp³-hybridized carbons (Fsp3) is 0.417. The Bertz CT molecular complexity index is 1270. The van der Waals surface area contributed by atoms with Gasteiger partial charge in [0, 0.05) is 29.8 Å². The number of halogens is 3. The van der Waals surface area contributed by atoms with E-state index in [-0.39, 0.29) is 17.8 Å². The van der Waals surface area contributed by atoms with Crippen LogP contribution in [0.1, 0.15) is 73.6 Å². The lowest BCUT2D eigenvalue weighted by molar-refractivity contribution is -0.118. The number of alkyl halides is 3. The Labute approximate surface area is 262 Å². The standard InChI is InChI=1S/C31H38F3N3O.C3H6O.C2H6/c1-6-9-10-12-21(8-3)18-24-27(22-13-11-14-23(16-15-22)31(32,33)34)28-25(19-30(4,5)20-26(28)38)36-29(24)37(35)17-7-2;1-2-3-4;1-2/h6-11,14-17,27,36H,1,12-13,18-20,35H2,2-5H3;2,4H,1,3H2;1-2H3/b10-9?,17-7+,21-8+;;. The van der Waals surface area contributed by atoms with Crippen molar-refractivity contribution in [1.29, 1.82) is 0 Å². The number of nitrogens with one attached hydrogen (secondary N) is 1. The Balaban J connectivity index is 0.00000149. The van der Waals surface area contributed by atoms with E-state index in [2.05, 4.69) is 18.5 Å². The van der Waals surface area contributed by atoms with Gasteiger partial charge in [0.15, 0.2) is 5.78 Å². The summed E-state index contributed by atoms with van der Waals surface area (Å²) in [6.45, 7) is 19.0. The molecule has 0 amide bonds. The van der Waals surface area contributed by atoms with Gasteiger partial charge in [0.05, 0.1) is 12.2 Å². The van der Waals surface area contributed by atoms with E-state index < -0.39 is 17.7 Å². The molecule has 0 saturated heterocycles. The molecule has 1 unspecified atom stereocenters. The summed E-state index contributed by atoms with van der Waals surface area (Å²) in [7, 11) is 0. The highest BCUT2D eigenvalue weighted by molar-refractivity contribution is 5.99. The van der Waals surface area contributed by atoms with Gasteiger partial charge in [0.25, 0.3) is 0 Å². The smallest absolute Gasteiger partial charge is 0.392 e. The highest BCUT2D eigenvalue weighted by Gasteiger charge is 2.43. The number of hydrogen-bond acceptors (Lipinski definition) is 5. The first-order valence-electron chi connectivity index (χ1n) is 15.0. The van der Waals surface area contributed by atoms with Crippen LogP contribution in [0.25, 0.3) is 0 Å². The number of carbonyl (C=O) groups is 1. The normalized spacial score (nSPS) is 20.0. The topological polar surface area (TPSA) is 78.6 Å². The molecule has 1 atom stereocenters. The van der Waals surface area contributed by atoms with Crippen molar-refractivity contribution in [2.75, 3.05) is 6.61 Å². The van der Waals surface area contributed by atoms with Crippen molar-refractivity contribution in [3.05, 3.63) is 120 Å². The minimum Gasteiger partial charge on any atom is -0.392 e. The molecule has 5 nitrogen and oxygen atoms in total. The van der Waals surface area contributed by atoms with Crippen molar-refractivity contribution in [2.45, 2.75) is 79.8 Å². The van der Waals surface area contributed by atoms with Crippen molar-refractivity contribution >= 4 is 5.78 Å². The van der Waals surface area contributed by atoms with Gasteiger partial charge < -0.3 is 10.4 Å². The molecule has 0 saturated carbocycles. The molecular weight excluding hydrogens is 563 g/mol. The number of hydrogen-bond donors (Lipinski definition) is 3. The maximum Gasteiger partial charge on any atom is 0.416 e. The molecule has 2 aliphatic carbocycles. The van der Waals surface area contributed by atoms with E-state index in [1.807, 2.05) is 65.8 Å². The average molecular weight is 614 g/mol. The van der Waals surface area contributed by atoms with Crippen molar-refractivity contribution in [3.8, 4) is 0 Å². The lowest BCUT2D eigenvalue weighted by atomic mass is 9.67. The molecule has 3 aliphatic rings. The summed E-state index contributed by atoms with van der Waals surface area (Å²) in [6.07, 6.45) is 15.9. The first kappa shape index (κ1) is 38.4. The predicted octanol–water partition coefficient (Wildman–Crippen LogP) is 8.80. The van der Waals surface area contributed by atoms with Crippen LogP contribution in [0.3, 0.4) is 0 Å². The fourth-order valence-corrected chi connectivity index (χ4v) is 5.27. The third kappa shape index (κ3) is 10.8. The molecule has 0 aromatic rings. The number of Topliss-reactive ketones (excluding diaryl/α,β-unsaturated/α-hetero) is 1. The second kappa shape index (κ2) is 18.2. The number of rotatable bonds is 9. The third-order valence-corrected chi connectivity index (χ3v) is 7.13. The quantitative estimate of drug-likeness (QED) is 0.105. The number of nitrogens with two attached hydrogens (primary N) is 1. The van der Waals surface area contributed by atoms with Gasteiger partial charge in [-0.1, -0.05) is 106 Å². The van der Waals surface area contributed by atoms with Crippen LogP contribution >= 0.6 is 0 Å². The van der Waals surface area contributed by atoms with E-state index >= 15 is 0 Å². The van der Waals surface area contributed by atoms with Gasteiger partial charge >= 0.3 is 6.18 Å². The Kier molecular flexibility index (Phi) is 15.9. The van der Waals surface area contributed by atoms with Crippen LogP contribution in [0.4, 0.5) is 13.2 Å². The second-order valence-electron chi connectivity index (χ2n) is 11.1. The van der Waals surface area contributed by atoms with Crippen molar-refractivity contribution in [2.24, 2.45) is 17.2 Å². The van der Waals surface area contributed by atoms with E-state index in [1.54, 1.807) is 12.3 Å². The fourth-order valence-electron chi connectivity index (χ4n) is 5.27. The summed E-state index contributed by atoms with van der Waals surface area (Å²) in [5, 5.41) is 12.7. The van der Waals surface area contributed by atoms with Gasteiger partial charge in [-0.05, 0) is 50.5 Å². The number of carbonyl (C=O) groups excluding carboxylic acids is 1. The first-order valence-corrected chi connectivity index (χ1v) is 15.0. The summed E-state index contributed by atoms with van der Waals surface area (Å²) in [4.78, 5) is 13.7.